The topological polar surface area (TPSA) is 48.4 Å². The summed E-state index contributed by atoms with van der Waals surface area (Å²) >= 11 is 1.70. The van der Waals surface area contributed by atoms with Crippen molar-refractivity contribution in [3.05, 3.63) is 66.0 Å². The first-order chi connectivity index (χ1) is 16.2. The molecule has 0 radical (unpaired) electrons. The Kier molecular flexibility index (Phi) is 6.94. The fourth-order valence-corrected chi connectivity index (χ4v) is 6.07. The van der Waals surface area contributed by atoms with Crippen molar-refractivity contribution in [2.24, 2.45) is 11.0 Å². The van der Waals surface area contributed by atoms with Gasteiger partial charge in [0.1, 0.15) is 5.82 Å². The van der Waals surface area contributed by atoms with Crippen LogP contribution in [-0.2, 0) is 9.53 Å². The van der Waals surface area contributed by atoms with Crippen molar-refractivity contribution in [1.29, 1.82) is 0 Å². The van der Waals surface area contributed by atoms with Crippen LogP contribution in [0.25, 0.3) is 0 Å². The van der Waals surface area contributed by atoms with E-state index in [0.717, 1.165) is 62.8 Å². The van der Waals surface area contributed by atoms with E-state index in [9.17, 15) is 9.18 Å². The first-order valence-corrected chi connectivity index (χ1v) is 12.6. The van der Waals surface area contributed by atoms with Crippen LogP contribution in [-0.4, -0.2) is 78.5 Å². The van der Waals surface area contributed by atoms with Crippen LogP contribution >= 0.6 is 11.8 Å². The van der Waals surface area contributed by atoms with Gasteiger partial charge in [-0.15, -0.1) is 11.8 Å². The Bertz CT molecular complexity index is 982. The third kappa shape index (κ3) is 5.08. The minimum absolute atomic E-state index is 0.0275. The van der Waals surface area contributed by atoms with E-state index in [1.807, 2.05) is 40.2 Å². The van der Waals surface area contributed by atoms with Gasteiger partial charge in [-0.3, -0.25) is 14.7 Å². The van der Waals surface area contributed by atoms with Crippen molar-refractivity contribution < 1.29 is 13.9 Å². The average molecular weight is 469 g/mol. The number of rotatable bonds is 7. The summed E-state index contributed by atoms with van der Waals surface area (Å²) in [7, 11) is 0. The summed E-state index contributed by atoms with van der Waals surface area (Å²) in [4.78, 5) is 17.3. The smallest absolute Gasteiger partial charge is 0.233 e. The summed E-state index contributed by atoms with van der Waals surface area (Å²) in [6, 6.07) is 16.6. The number of carbonyl (C=O) groups is 1. The maximum absolute atomic E-state index is 13.6. The molecule has 0 aromatic heterocycles. The lowest BCUT2D eigenvalue weighted by Gasteiger charge is -2.31. The summed E-state index contributed by atoms with van der Waals surface area (Å²) < 4.78 is 19.0. The van der Waals surface area contributed by atoms with Gasteiger partial charge in [0.25, 0.3) is 0 Å². The number of halogens is 1. The van der Waals surface area contributed by atoms with Crippen LogP contribution in [0.4, 0.5) is 10.1 Å². The molecule has 3 heterocycles. The van der Waals surface area contributed by atoms with Crippen LogP contribution in [0.1, 0.15) is 12.0 Å². The van der Waals surface area contributed by atoms with E-state index in [1.54, 1.807) is 23.9 Å². The highest BCUT2D eigenvalue weighted by Crippen LogP contribution is 2.37. The molecule has 0 bridgehead atoms. The first kappa shape index (κ1) is 22.4. The molecule has 2 aromatic rings. The second kappa shape index (κ2) is 10.2. The van der Waals surface area contributed by atoms with E-state index >= 15 is 0 Å². The predicted octanol–water partition coefficient (Wildman–Crippen LogP) is 3.29. The van der Waals surface area contributed by atoms with Crippen LogP contribution in [0.3, 0.4) is 0 Å². The van der Waals surface area contributed by atoms with Gasteiger partial charge in [-0.25, -0.2) is 4.39 Å². The molecule has 0 saturated carbocycles. The zero-order valence-electron chi connectivity index (χ0n) is 18.6. The number of amides is 1. The molecule has 174 valence electrons. The molecule has 33 heavy (non-hydrogen) atoms. The summed E-state index contributed by atoms with van der Waals surface area (Å²) in [5, 5.41) is 6.99. The molecule has 0 aliphatic carbocycles. The Morgan fingerprint density at radius 3 is 2.55 bits per heavy atom. The van der Waals surface area contributed by atoms with Crippen LogP contribution in [0.5, 0.6) is 0 Å². The molecule has 3 aliphatic rings. The molecule has 2 saturated heterocycles. The Morgan fingerprint density at radius 1 is 1.03 bits per heavy atom. The Balaban J connectivity index is 1.34. The zero-order valence-corrected chi connectivity index (χ0v) is 19.4. The van der Waals surface area contributed by atoms with Gasteiger partial charge in [0.15, 0.2) is 0 Å². The molecular formula is C25H29FN4O2S. The van der Waals surface area contributed by atoms with Crippen molar-refractivity contribution >= 4 is 29.1 Å². The number of carbonyl (C=O) groups excluding carboxylic acids is 1. The van der Waals surface area contributed by atoms with Crippen LogP contribution in [0, 0.1) is 11.7 Å². The number of benzene rings is 2. The third-order valence-electron chi connectivity index (χ3n) is 6.47. The maximum atomic E-state index is 13.6. The Labute approximate surface area is 198 Å². The number of hydrazone groups is 1. The number of hydrogen-bond acceptors (Lipinski definition) is 6. The highest BCUT2D eigenvalue weighted by atomic mass is 32.2. The van der Waals surface area contributed by atoms with Gasteiger partial charge in [-0.1, -0.05) is 30.3 Å². The van der Waals surface area contributed by atoms with Crippen molar-refractivity contribution in [2.45, 2.75) is 11.8 Å². The molecule has 8 heteroatoms. The maximum Gasteiger partial charge on any atom is 0.233 e. The Hall–Kier alpha value is -2.42. The highest BCUT2D eigenvalue weighted by molar-refractivity contribution is 8.01. The lowest BCUT2D eigenvalue weighted by Crippen LogP contribution is -2.43. The molecule has 2 unspecified atom stereocenters. The van der Waals surface area contributed by atoms with Crippen molar-refractivity contribution in [1.82, 2.24) is 9.80 Å². The van der Waals surface area contributed by atoms with Gasteiger partial charge in [0.05, 0.1) is 48.2 Å². The number of hydrogen-bond donors (Lipinski definition) is 0. The number of anilines is 1. The molecule has 6 nitrogen and oxygen atoms in total. The quantitative estimate of drug-likeness (QED) is 0.624. The first-order valence-electron chi connectivity index (χ1n) is 11.6. The molecule has 0 spiro atoms. The van der Waals surface area contributed by atoms with Gasteiger partial charge in [0, 0.05) is 26.2 Å². The van der Waals surface area contributed by atoms with E-state index in [2.05, 4.69) is 4.90 Å². The fraction of sp³-hybridized carbons (Fsp3) is 0.440. The van der Waals surface area contributed by atoms with Crippen LogP contribution in [0.15, 0.2) is 59.7 Å². The van der Waals surface area contributed by atoms with E-state index < -0.39 is 0 Å². The molecule has 1 amide bonds. The number of para-hydroxylation sites is 1. The molecule has 2 atom stereocenters. The number of ether oxygens (including phenoxy) is 1. The number of thioether (sulfide) groups is 1. The second-order valence-electron chi connectivity index (χ2n) is 8.61. The lowest BCUT2D eigenvalue weighted by atomic mass is 9.96. The average Bonchev–Trinajstić information content (AvgIpc) is 3.45. The van der Waals surface area contributed by atoms with E-state index in [-0.39, 0.29) is 23.0 Å². The van der Waals surface area contributed by atoms with Gasteiger partial charge >= 0.3 is 0 Å². The number of nitrogens with zero attached hydrogens (tertiary/aromatic N) is 4. The molecule has 0 N–H and O–H groups in total. The standard InChI is InChI=1S/C25H29FN4O2S/c26-20-9-7-19(8-10-20)24-22(17-30(27-24)21-5-2-1-3-6-21)25-29(23(31)18-33-25)12-4-11-28-13-15-32-16-14-28/h1-3,5-10,22,25H,4,11-18H2. The summed E-state index contributed by atoms with van der Waals surface area (Å²) in [6.45, 7) is 5.91. The monoisotopic (exact) mass is 468 g/mol. The molecule has 5 rings (SSSR count). The van der Waals surface area contributed by atoms with E-state index in [4.69, 9.17) is 9.84 Å². The summed E-state index contributed by atoms with van der Waals surface area (Å²) in [5.41, 5.74) is 2.85. The van der Waals surface area contributed by atoms with E-state index in [0.29, 0.717) is 12.3 Å². The number of morpholine rings is 1. The Morgan fingerprint density at radius 2 is 1.79 bits per heavy atom. The fourth-order valence-electron chi connectivity index (χ4n) is 4.74. The highest BCUT2D eigenvalue weighted by Gasteiger charge is 2.43. The van der Waals surface area contributed by atoms with Crippen LogP contribution in [0.2, 0.25) is 0 Å². The van der Waals surface area contributed by atoms with Crippen molar-refractivity contribution in [3.63, 3.8) is 0 Å². The minimum atomic E-state index is -0.260. The van der Waals surface area contributed by atoms with Crippen molar-refractivity contribution in [2.75, 3.05) is 56.7 Å². The molecular weight excluding hydrogens is 439 g/mol. The molecule has 2 fully saturated rings. The van der Waals surface area contributed by atoms with E-state index in [1.165, 1.54) is 12.1 Å². The third-order valence-corrected chi connectivity index (χ3v) is 7.81. The van der Waals surface area contributed by atoms with Gasteiger partial charge in [-0.2, -0.15) is 5.10 Å². The van der Waals surface area contributed by atoms with Crippen LogP contribution < -0.4 is 5.01 Å². The van der Waals surface area contributed by atoms with Gasteiger partial charge < -0.3 is 9.64 Å². The zero-order chi connectivity index (χ0) is 22.6. The lowest BCUT2D eigenvalue weighted by molar-refractivity contribution is -0.128. The van der Waals surface area contributed by atoms with Gasteiger partial charge in [-0.05, 0) is 36.2 Å². The van der Waals surface area contributed by atoms with Gasteiger partial charge in [0.2, 0.25) is 5.91 Å². The van der Waals surface area contributed by atoms with Crippen molar-refractivity contribution in [3.8, 4) is 0 Å². The normalized spacial score (nSPS) is 23.9. The SMILES string of the molecule is O=C1CSC(C2CN(c3ccccc3)N=C2c2ccc(F)cc2)N1CCCN1CCOCC1. The molecule has 2 aromatic carbocycles. The summed E-state index contributed by atoms with van der Waals surface area (Å²) in [6.07, 6.45) is 0.945. The minimum Gasteiger partial charge on any atom is -0.379 e. The largest absolute Gasteiger partial charge is 0.379 e. The predicted molar refractivity (Wildman–Crippen MR) is 130 cm³/mol. The second-order valence-corrected chi connectivity index (χ2v) is 9.72. The summed E-state index contributed by atoms with van der Waals surface area (Å²) in [5.74, 6) is 0.490. The molecule has 3 aliphatic heterocycles.